The molecule has 0 heterocycles. The smallest absolute Gasteiger partial charge is 0.387 e. The first-order valence-electron chi connectivity index (χ1n) is 8.69. The molecule has 0 fully saturated rings. The maximum Gasteiger partial charge on any atom is 0.387 e. The van der Waals surface area contributed by atoms with Crippen LogP contribution in [-0.2, 0) is 4.79 Å². The standard InChI is InChI=1S/C21H20ClF2NO5/c1-25(2)19(27)12-29-15-7-5-14(6-8-15)17(26)9-4-13-10-16(22)20(30-21(23)24)18(11-13)28-3/h4-11,21H,12H2,1-3H3/b9-4+. The molecule has 0 saturated carbocycles. The summed E-state index contributed by atoms with van der Waals surface area (Å²) in [6, 6.07) is 9.10. The Morgan fingerprint density at radius 3 is 2.40 bits per heavy atom. The average Bonchev–Trinajstić information content (AvgIpc) is 2.71. The molecule has 0 bridgehead atoms. The van der Waals surface area contributed by atoms with Gasteiger partial charge in [0, 0.05) is 19.7 Å². The van der Waals surface area contributed by atoms with Gasteiger partial charge in [-0.2, -0.15) is 8.78 Å². The molecule has 9 heteroatoms. The quantitative estimate of drug-likeness (QED) is 0.430. The van der Waals surface area contributed by atoms with Crippen LogP contribution in [-0.4, -0.2) is 51.0 Å². The normalized spacial score (nSPS) is 10.9. The Hall–Kier alpha value is -3.13. The van der Waals surface area contributed by atoms with Crippen LogP contribution in [0.5, 0.6) is 17.2 Å². The van der Waals surface area contributed by atoms with Crippen molar-refractivity contribution in [3.63, 3.8) is 0 Å². The average molecular weight is 440 g/mol. The van der Waals surface area contributed by atoms with E-state index in [0.717, 1.165) is 0 Å². The minimum Gasteiger partial charge on any atom is -0.493 e. The minimum absolute atomic E-state index is 0.0173. The number of likely N-dealkylation sites (N-methyl/N-ethyl adjacent to an activating group) is 1. The summed E-state index contributed by atoms with van der Waals surface area (Å²) < 4.78 is 39.7. The molecule has 2 aromatic carbocycles. The third-order valence-corrected chi connectivity index (χ3v) is 4.17. The number of alkyl halides is 2. The molecule has 0 aliphatic rings. The fourth-order valence-corrected chi connectivity index (χ4v) is 2.56. The lowest BCUT2D eigenvalue weighted by Gasteiger charge is -2.12. The van der Waals surface area contributed by atoms with Crippen LogP contribution in [0.2, 0.25) is 5.02 Å². The Balaban J connectivity index is 2.08. The topological polar surface area (TPSA) is 65.1 Å². The highest BCUT2D eigenvalue weighted by Crippen LogP contribution is 2.37. The Morgan fingerprint density at radius 2 is 1.83 bits per heavy atom. The zero-order valence-corrected chi connectivity index (χ0v) is 17.3. The van der Waals surface area contributed by atoms with Crippen molar-refractivity contribution < 1.29 is 32.6 Å². The van der Waals surface area contributed by atoms with Gasteiger partial charge in [0.15, 0.2) is 23.9 Å². The van der Waals surface area contributed by atoms with Crippen molar-refractivity contribution in [2.75, 3.05) is 27.8 Å². The van der Waals surface area contributed by atoms with Crippen LogP contribution in [0, 0.1) is 0 Å². The van der Waals surface area contributed by atoms with Crippen molar-refractivity contribution in [2.24, 2.45) is 0 Å². The van der Waals surface area contributed by atoms with Gasteiger partial charge in [-0.3, -0.25) is 9.59 Å². The monoisotopic (exact) mass is 439 g/mol. The number of allylic oxidation sites excluding steroid dienone is 1. The van der Waals surface area contributed by atoms with Crippen molar-refractivity contribution in [3.05, 3.63) is 58.6 Å². The van der Waals surface area contributed by atoms with E-state index in [1.165, 1.54) is 36.3 Å². The SMILES string of the molecule is COc1cc(/C=C/C(=O)c2ccc(OCC(=O)N(C)C)cc2)cc(Cl)c1OC(F)F. The number of nitrogens with zero attached hydrogens (tertiary/aromatic N) is 1. The number of carbonyl (C=O) groups is 2. The zero-order chi connectivity index (χ0) is 22.3. The predicted octanol–water partition coefficient (Wildman–Crippen LogP) is 4.31. The number of amides is 1. The van der Waals surface area contributed by atoms with Gasteiger partial charge < -0.3 is 19.1 Å². The molecule has 0 aliphatic carbocycles. The second kappa shape index (κ2) is 10.6. The van der Waals surface area contributed by atoms with E-state index >= 15 is 0 Å². The summed E-state index contributed by atoms with van der Waals surface area (Å²) >= 11 is 5.98. The largest absolute Gasteiger partial charge is 0.493 e. The number of rotatable bonds is 9. The lowest BCUT2D eigenvalue weighted by Crippen LogP contribution is -2.27. The number of carbonyl (C=O) groups excluding carboxylic acids is 2. The molecule has 1 amide bonds. The van der Waals surface area contributed by atoms with Crippen molar-refractivity contribution >= 4 is 29.4 Å². The van der Waals surface area contributed by atoms with Gasteiger partial charge in [0.25, 0.3) is 5.91 Å². The van der Waals surface area contributed by atoms with Gasteiger partial charge in [-0.25, -0.2) is 0 Å². The van der Waals surface area contributed by atoms with E-state index in [9.17, 15) is 18.4 Å². The molecule has 2 rings (SSSR count). The van der Waals surface area contributed by atoms with Gasteiger partial charge in [0.05, 0.1) is 12.1 Å². The zero-order valence-electron chi connectivity index (χ0n) is 16.5. The second-order valence-corrected chi connectivity index (χ2v) is 6.62. The Labute approximate surface area is 177 Å². The van der Waals surface area contributed by atoms with Gasteiger partial charge in [0.1, 0.15) is 5.75 Å². The summed E-state index contributed by atoms with van der Waals surface area (Å²) in [5, 5.41) is -0.0736. The fourth-order valence-electron chi connectivity index (χ4n) is 2.30. The van der Waals surface area contributed by atoms with Crippen LogP contribution in [0.1, 0.15) is 15.9 Å². The molecule has 0 atom stereocenters. The summed E-state index contributed by atoms with van der Waals surface area (Å²) in [6.07, 6.45) is 2.78. The van der Waals surface area contributed by atoms with Gasteiger partial charge in [-0.15, -0.1) is 0 Å². The lowest BCUT2D eigenvalue weighted by molar-refractivity contribution is -0.130. The molecule has 6 nitrogen and oxygen atoms in total. The number of hydrogen-bond donors (Lipinski definition) is 0. The van der Waals surface area contributed by atoms with E-state index in [4.69, 9.17) is 21.1 Å². The van der Waals surface area contributed by atoms with E-state index in [-0.39, 0.29) is 34.8 Å². The van der Waals surface area contributed by atoms with Crippen molar-refractivity contribution in [3.8, 4) is 17.2 Å². The van der Waals surface area contributed by atoms with Crippen LogP contribution < -0.4 is 14.2 Å². The van der Waals surface area contributed by atoms with Gasteiger partial charge in [0.2, 0.25) is 0 Å². The second-order valence-electron chi connectivity index (χ2n) is 6.21. The molecule has 0 radical (unpaired) electrons. The summed E-state index contributed by atoms with van der Waals surface area (Å²) in [5.41, 5.74) is 0.863. The predicted molar refractivity (Wildman–Crippen MR) is 109 cm³/mol. The highest BCUT2D eigenvalue weighted by molar-refractivity contribution is 6.32. The number of ketones is 1. The third kappa shape index (κ3) is 6.45. The van der Waals surface area contributed by atoms with E-state index in [1.807, 2.05) is 0 Å². The molecule has 0 aromatic heterocycles. The fraction of sp³-hybridized carbons (Fsp3) is 0.238. The van der Waals surface area contributed by atoms with Crippen LogP contribution in [0.4, 0.5) is 8.78 Å². The summed E-state index contributed by atoms with van der Waals surface area (Å²) in [4.78, 5) is 25.3. The molecule has 0 aliphatic heterocycles. The van der Waals surface area contributed by atoms with E-state index < -0.39 is 6.61 Å². The van der Waals surface area contributed by atoms with Gasteiger partial charge in [-0.05, 0) is 48.0 Å². The van der Waals surface area contributed by atoms with Crippen molar-refractivity contribution in [1.82, 2.24) is 4.90 Å². The molecule has 160 valence electrons. The maximum absolute atomic E-state index is 12.5. The lowest BCUT2D eigenvalue weighted by atomic mass is 10.1. The molecule has 0 spiro atoms. The van der Waals surface area contributed by atoms with Crippen molar-refractivity contribution in [1.29, 1.82) is 0 Å². The Morgan fingerprint density at radius 1 is 1.17 bits per heavy atom. The molecule has 30 heavy (non-hydrogen) atoms. The van der Waals surface area contributed by atoms with Crippen molar-refractivity contribution in [2.45, 2.75) is 6.61 Å². The molecular formula is C21H20ClF2NO5. The summed E-state index contributed by atoms with van der Waals surface area (Å²) in [7, 11) is 4.54. The highest BCUT2D eigenvalue weighted by atomic mass is 35.5. The maximum atomic E-state index is 12.5. The van der Waals surface area contributed by atoms with E-state index in [2.05, 4.69) is 4.74 Å². The number of ether oxygens (including phenoxy) is 3. The van der Waals surface area contributed by atoms with Gasteiger partial charge >= 0.3 is 6.61 Å². The number of benzene rings is 2. The molecule has 0 N–H and O–H groups in total. The first kappa shape index (κ1) is 23.2. The van der Waals surface area contributed by atoms with Crippen LogP contribution >= 0.6 is 11.6 Å². The first-order chi connectivity index (χ1) is 14.2. The molecule has 0 unspecified atom stereocenters. The molecule has 0 saturated heterocycles. The number of halogens is 3. The number of methoxy groups -OCH3 is 1. The minimum atomic E-state index is -3.05. The van der Waals surface area contributed by atoms with Crippen LogP contribution in [0.3, 0.4) is 0 Å². The highest BCUT2D eigenvalue weighted by Gasteiger charge is 2.15. The van der Waals surface area contributed by atoms with Crippen LogP contribution in [0.25, 0.3) is 6.08 Å². The molecular weight excluding hydrogens is 420 g/mol. The van der Waals surface area contributed by atoms with Gasteiger partial charge in [-0.1, -0.05) is 17.7 Å². The summed E-state index contributed by atoms with van der Waals surface area (Å²) in [6.45, 7) is -3.15. The Kier molecular flexibility index (Phi) is 8.17. The number of hydrogen-bond acceptors (Lipinski definition) is 5. The van der Waals surface area contributed by atoms with E-state index in [0.29, 0.717) is 16.9 Å². The van der Waals surface area contributed by atoms with Crippen LogP contribution in [0.15, 0.2) is 42.5 Å². The first-order valence-corrected chi connectivity index (χ1v) is 9.06. The third-order valence-electron chi connectivity index (χ3n) is 3.89. The Bertz CT molecular complexity index is 930. The summed E-state index contributed by atoms with van der Waals surface area (Å²) in [5.74, 6) is -0.285. The van der Waals surface area contributed by atoms with E-state index in [1.54, 1.807) is 38.4 Å². The molecule has 2 aromatic rings.